The summed E-state index contributed by atoms with van der Waals surface area (Å²) in [5.41, 5.74) is 1.66. The number of urea groups is 1. The molecule has 0 unspecified atom stereocenters. The number of hydrogen-bond donors (Lipinski definition) is 2. The average Bonchev–Trinajstić information content (AvgIpc) is 2.83. The highest BCUT2D eigenvalue weighted by Gasteiger charge is 2.24. The number of carbonyl (C=O) groups excluding carboxylic acids is 3. The van der Waals surface area contributed by atoms with Gasteiger partial charge in [0.25, 0.3) is 0 Å². The fourth-order valence-electron chi connectivity index (χ4n) is 2.25. The predicted octanol–water partition coefficient (Wildman–Crippen LogP) is 1.07. The molecule has 1 aromatic heterocycles. The van der Waals surface area contributed by atoms with Crippen molar-refractivity contribution in [3.8, 4) is 0 Å². The molecular weight excluding hydrogens is 364 g/mol. The Hall–Kier alpha value is -2.81. The third-order valence-corrected chi connectivity index (χ3v) is 3.97. The molecule has 0 saturated heterocycles. The van der Waals surface area contributed by atoms with Gasteiger partial charge in [0.15, 0.2) is 0 Å². The van der Waals surface area contributed by atoms with Crippen molar-refractivity contribution in [1.82, 2.24) is 20.4 Å². The zero-order chi connectivity index (χ0) is 19.3. The lowest BCUT2D eigenvalue weighted by Gasteiger charge is -2.20. The molecule has 1 aromatic rings. The molecular formula is C16H19ClN4O5. The van der Waals surface area contributed by atoms with Gasteiger partial charge in [0, 0.05) is 18.7 Å². The largest absolute Gasteiger partial charge is 0.463 e. The molecule has 0 saturated carbocycles. The molecule has 0 radical (unpaired) electrons. The van der Waals surface area contributed by atoms with Crippen molar-refractivity contribution in [2.75, 3.05) is 19.8 Å². The number of nitrogens with one attached hydrogen (secondary N) is 2. The van der Waals surface area contributed by atoms with Crippen LogP contribution in [0.2, 0.25) is 5.15 Å². The van der Waals surface area contributed by atoms with E-state index in [0.29, 0.717) is 16.4 Å². The summed E-state index contributed by atoms with van der Waals surface area (Å²) in [5, 5.41) is 9.44. The lowest BCUT2D eigenvalue weighted by atomic mass is 10.2. The molecule has 2 amide bonds. The number of aryl methyl sites for hydroxylation is 2. The maximum atomic E-state index is 11.9. The molecule has 0 spiro atoms. The number of rotatable bonds is 6. The Kier molecular flexibility index (Phi) is 6.40. The molecule has 0 fully saturated rings. The van der Waals surface area contributed by atoms with E-state index in [1.54, 1.807) is 20.9 Å². The Morgan fingerprint density at radius 1 is 1.38 bits per heavy atom. The number of nitrogens with zero attached hydrogens (tertiary/aromatic N) is 2. The molecule has 26 heavy (non-hydrogen) atoms. The van der Waals surface area contributed by atoms with E-state index < -0.39 is 18.0 Å². The number of esters is 2. The van der Waals surface area contributed by atoms with Crippen molar-refractivity contribution in [3.63, 3.8) is 0 Å². The minimum atomic E-state index is -0.659. The number of aromatic nitrogens is 2. The first-order valence-corrected chi connectivity index (χ1v) is 8.19. The molecule has 1 aliphatic heterocycles. The van der Waals surface area contributed by atoms with E-state index in [2.05, 4.69) is 15.7 Å². The SMILES string of the molecule is CCOC(=O)C1=C(COC(=O)/C=C/c2c(C)nn(C)c2Cl)NC(=O)NC1. The average molecular weight is 383 g/mol. The van der Waals surface area contributed by atoms with Crippen molar-refractivity contribution in [3.05, 3.63) is 33.8 Å². The zero-order valence-corrected chi connectivity index (χ0v) is 15.3. The molecule has 0 aromatic carbocycles. The van der Waals surface area contributed by atoms with Crippen LogP contribution in [0.5, 0.6) is 0 Å². The predicted molar refractivity (Wildman–Crippen MR) is 93.1 cm³/mol. The van der Waals surface area contributed by atoms with Gasteiger partial charge in [-0.25, -0.2) is 14.4 Å². The van der Waals surface area contributed by atoms with Gasteiger partial charge in [-0.3, -0.25) is 4.68 Å². The van der Waals surface area contributed by atoms with E-state index in [1.807, 2.05) is 0 Å². The van der Waals surface area contributed by atoms with Crippen molar-refractivity contribution in [2.24, 2.45) is 7.05 Å². The van der Waals surface area contributed by atoms with Crippen LogP contribution in [0.15, 0.2) is 17.3 Å². The van der Waals surface area contributed by atoms with Crippen molar-refractivity contribution < 1.29 is 23.9 Å². The number of halogens is 1. The number of carbonyl (C=O) groups is 3. The lowest BCUT2D eigenvalue weighted by Crippen LogP contribution is -2.45. The quantitative estimate of drug-likeness (QED) is 0.562. The summed E-state index contributed by atoms with van der Waals surface area (Å²) in [5.74, 6) is -1.24. The monoisotopic (exact) mass is 382 g/mol. The third kappa shape index (κ3) is 4.63. The Balaban J connectivity index is 2.05. The second kappa shape index (κ2) is 8.52. The Bertz CT molecular complexity index is 797. The van der Waals surface area contributed by atoms with Crippen LogP contribution in [0.3, 0.4) is 0 Å². The van der Waals surface area contributed by atoms with E-state index in [0.717, 1.165) is 0 Å². The minimum Gasteiger partial charge on any atom is -0.463 e. The second-order valence-electron chi connectivity index (χ2n) is 5.34. The number of amides is 2. The summed E-state index contributed by atoms with van der Waals surface area (Å²) < 4.78 is 11.5. The van der Waals surface area contributed by atoms with E-state index in [-0.39, 0.29) is 31.0 Å². The smallest absolute Gasteiger partial charge is 0.337 e. The minimum absolute atomic E-state index is 0.00211. The van der Waals surface area contributed by atoms with Gasteiger partial charge in [-0.2, -0.15) is 5.10 Å². The van der Waals surface area contributed by atoms with Crippen LogP contribution < -0.4 is 10.6 Å². The topological polar surface area (TPSA) is 112 Å². The molecule has 0 aliphatic carbocycles. The Morgan fingerprint density at radius 2 is 2.12 bits per heavy atom. The summed E-state index contributed by atoms with van der Waals surface area (Å²) in [6.07, 6.45) is 2.69. The second-order valence-corrected chi connectivity index (χ2v) is 5.70. The van der Waals surface area contributed by atoms with Gasteiger partial charge < -0.3 is 20.1 Å². The maximum absolute atomic E-state index is 11.9. The Labute approximate surface area is 155 Å². The van der Waals surface area contributed by atoms with E-state index in [9.17, 15) is 14.4 Å². The molecule has 0 atom stereocenters. The van der Waals surface area contributed by atoms with Crippen LogP contribution in [0.4, 0.5) is 4.79 Å². The first kappa shape index (κ1) is 19.5. The summed E-state index contributed by atoms with van der Waals surface area (Å²) in [7, 11) is 1.69. The fourth-order valence-corrected chi connectivity index (χ4v) is 2.48. The standard InChI is InChI=1S/C16H19ClN4O5/c1-4-25-15(23)11-7-18-16(24)19-12(11)8-26-13(22)6-5-10-9(2)20-21(3)14(10)17/h5-6H,4,7-8H2,1-3H3,(H2,18,19,24)/b6-5+. The molecule has 10 heteroatoms. The summed E-state index contributed by atoms with van der Waals surface area (Å²) in [6.45, 7) is 3.35. The highest BCUT2D eigenvalue weighted by atomic mass is 35.5. The molecule has 2 N–H and O–H groups in total. The van der Waals surface area contributed by atoms with Gasteiger partial charge in [-0.1, -0.05) is 11.6 Å². The van der Waals surface area contributed by atoms with Crippen LogP contribution in [-0.2, 0) is 26.1 Å². The highest BCUT2D eigenvalue weighted by Crippen LogP contribution is 2.20. The summed E-state index contributed by atoms with van der Waals surface area (Å²) >= 11 is 6.08. The third-order valence-electron chi connectivity index (χ3n) is 3.52. The molecule has 9 nitrogen and oxygen atoms in total. The van der Waals surface area contributed by atoms with Gasteiger partial charge in [-0.05, 0) is 19.9 Å². The van der Waals surface area contributed by atoms with Gasteiger partial charge in [0.2, 0.25) is 0 Å². The van der Waals surface area contributed by atoms with Crippen molar-refractivity contribution >= 4 is 35.6 Å². The van der Waals surface area contributed by atoms with Gasteiger partial charge in [0.1, 0.15) is 11.8 Å². The molecule has 2 rings (SSSR count). The summed E-state index contributed by atoms with van der Waals surface area (Å²) in [6, 6.07) is -0.489. The van der Waals surface area contributed by atoms with Crippen LogP contribution in [0, 0.1) is 6.92 Å². The lowest BCUT2D eigenvalue weighted by molar-refractivity contribution is -0.140. The number of hydrogen-bond acceptors (Lipinski definition) is 6. The van der Waals surface area contributed by atoms with E-state index >= 15 is 0 Å². The van der Waals surface area contributed by atoms with E-state index in [1.165, 1.54) is 16.8 Å². The Morgan fingerprint density at radius 3 is 2.73 bits per heavy atom. The zero-order valence-electron chi connectivity index (χ0n) is 14.6. The number of ether oxygens (including phenoxy) is 2. The van der Waals surface area contributed by atoms with Crippen molar-refractivity contribution in [2.45, 2.75) is 13.8 Å². The van der Waals surface area contributed by atoms with Crippen LogP contribution >= 0.6 is 11.6 Å². The van der Waals surface area contributed by atoms with Crippen molar-refractivity contribution in [1.29, 1.82) is 0 Å². The van der Waals surface area contributed by atoms with Crippen LogP contribution in [0.1, 0.15) is 18.2 Å². The molecule has 2 heterocycles. The van der Waals surface area contributed by atoms with Crippen LogP contribution in [0.25, 0.3) is 6.08 Å². The fraction of sp³-hybridized carbons (Fsp3) is 0.375. The van der Waals surface area contributed by atoms with Gasteiger partial charge >= 0.3 is 18.0 Å². The van der Waals surface area contributed by atoms with Gasteiger partial charge in [0.05, 0.1) is 30.1 Å². The normalized spacial score (nSPS) is 14.2. The van der Waals surface area contributed by atoms with Crippen LogP contribution in [-0.4, -0.2) is 47.5 Å². The van der Waals surface area contributed by atoms with E-state index in [4.69, 9.17) is 21.1 Å². The maximum Gasteiger partial charge on any atom is 0.337 e. The molecule has 1 aliphatic rings. The highest BCUT2D eigenvalue weighted by molar-refractivity contribution is 6.31. The summed E-state index contributed by atoms with van der Waals surface area (Å²) in [4.78, 5) is 35.3. The molecule has 0 bridgehead atoms. The first-order valence-electron chi connectivity index (χ1n) is 7.81. The molecule has 140 valence electrons. The first-order chi connectivity index (χ1) is 12.3. The van der Waals surface area contributed by atoms with Gasteiger partial charge in [-0.15, -0.1) is 0 Å².